The average molecular weight is 315 g/mol. The fourth-order valence-corrected chi connectivity index (χ4v) is 2.92. The van der Waals surface area contributed by atoms with Gasteiger partial charge in [-0.25, -0.2) is 4.98 Å². The summed E-state index contributed by atoms with van der Waals surface area (Å²) in [6, 6.07) is 3.64. The van der Waals surface area contributed by atoms with E-state index in [0.717, 1.165) is 10.3 Å². The largest absolute Gasteiger partial charge is 0.310 e. The van der Waals surface area contributed by atoms with E-state index in [9.17, 15) is 9.59 Å². The molecule has 1 aromatic rings. The van der Waals surface area contributed by atoms with Gasteiger partial charge < -0.3 is 4.90 Å². The number of hydrogen-bond acceptors (Lipinski definition) is 4. The molecule has 1 aromatic heterocycles. The third-order valence-electron chi connectivity index (χ3n) is 2.45. The summed E-state index contributed by atoms with van der Waals surface area (Å²) in [4.78, 5) is 28.6. The Balaban J connectivity index is 2.10. The second-order valence-electron chi connectivity index (χ2n) is 3.78. The van der Waals surface area contributed by atoms with Gasteiger partial charge in [0.05, 0.1) is 11.9 Å². The summed E-state index contributed by atoms with van der Waals surface area (Å²) in [6.45, 7) is 2.10. The molecule has 0 bridgehead atoms. The first-order valence-corrected chi connectivity index (χ1v) is 6.82. The molecule has 0 aliphatic carbocycles. The maximum Gasteiger partial charge on any atom is 0.228 e. The lowest BCUT2D eigenvalue weighted by Gasteiger charge is -2.15. The minimum atomic E-state index is 0.0490. The number of rotatable bonds is 2. The zero-order valence-corrected chi connectivity index (χ0v) is 11.6. The van der Waals surface area contributed by atoms with Crippen molar-refractivity contribution < 1.29 is 9.59 Å². The number of hydrogen-bond donors (Lipinski definition) is 0. The third-order valence-corrected chi connectivity index (χ3v) is 3.90. The maximum absolute atomic E-state index is 11.8. The number of pyridine rings is 1. The molecule has 6 heteroatoms. The number of nitrogens with zero attached hydrogens (tertiary/aromatic N) is 2. The fraction of sp³-hybridized carbons (Fsp3) is 0.364. The molecule has 1 fully saturated rings. The molecular weight excluding hydrogens is 304 g/mol. The second-order valence-corrected chi connectivity index (χ2v) is 6.07. The molecule has 0 saturated carbocycles. The Morgan fingerprint density at radius 2 is 2.35 bits per heavy atom. The fourth-order valence-electron chi connectivity index (χ4n) is 1.77. The Hall–Kier alpha value is -0.880. The molecule has 4 nitrogen and oxygen atoms in total. The molecule has 2 rings (SSSR count). The summed E-state index contributed by atoms with van der Waals surface area (Å²) < 4.78 is 0.738. The van der Waals surface area contributed by atoms with E-state index in [1.54, 1.807) is 17.2 Å². The second kappa shape index (κ2) is 5.18. The summed E-state index contributed by atoms with van der Waals surface area (Å²) in [5, 5.41) is 0.113. The zero-order chi connectivity index (χ0) is 12.4. The van der Waals surface area contributed by atoms with Gasteiger partial charge in [-0.3, -0.25) is 9.59 Å². The van der Waals surface area contributed by atoms with Gasteiger partial charge in [-0.15, -0.1) is 0 Å². The van der Waals surface area contributed by atoms with Crippen molar-refractivity contribution in [3.63, 3.8) is 0 Å². The van der Waals surface area contributed by atoms with E-state index in [0.29, 0.717) is 13.0 Å². The van der Waals surface area contributed by atoms with Crippen LogP contribution in [0.2, 0.25) is 0 Å². The van der Waals surface area contributed by atoms with Gasteiger partial charge in [-0.2, -0.15) is 0 Å². The van der Waals surface area contributed by atoms with Gasteiger partial charge in [-0.05, 0) is 28.1 Å². The van der Waals surface area contributed by atoms with E-state index < -0.39 is 0 Å². The molecule has 17 heavy (non-hydrogen) atoms. The third kappa shape index (κ3) is 3.07. The van der Waals surface area contributed by atoms with Crippen LogP contribution < -0.4 is 4.90 Å². The molecule has 1 amide bonds. The summed E-state index contributed by atoms with van der Waals surface area (Å²) in [5.74, 6) is 0.0490. The minimum absolute atomic E-state index is 0.0490. The van der Waals surface area contributed by atoms with E-state index >= 15 is 0 Å². The van der Waals surface area contributed by atoms with Crippen molar-refractivity contribution >= 4 is 44.4 Å². The van der Waals surface area contributed by atoms with Crippen LogP contribution in [-0.4, -0.2) is 27.8 Å². The molecule has 1 unspecified atom stereocenters. The zero-order valence-electron chi connectivity index (χ0n) is 9.22. The van der Waals surface area contributed by atoms with Crippen molar-refractivity contribution in [2.45, 2.75) is 18.6 Å². The van der Waals surface area contributed by atoms with Crippen LogP contribution in [0.1, 0.15) is 13.3 Å². The molecule has 1 atom stereocenters. The number of halogens is 1. The van der Waals surface area contributed by atoms with E-state index in [1.165, 1.54) is 18.7 Å². The molecule has 0 radical (unpaired) electrons. The van der Waals surface area contributed by atoms with E-state index in [-0.39, 0.29) is 16.3 Å². The number of aromatic nitrogens is 1. The van der Waals surface area contributed by atoms with Crippen LogP contribution in [0.4, 0.5) is 5.69 Å². The predicted octanol–water partition coefficient (Wildman–Crippen LogP) is 2.23. The van der Waals surface area contributed by atoms with Crippen LogP contribution >= 0.6 is 27.7 Å². The summed E-state index contributed by atoms with van der Waals surface area (Å²) >= 11 is 4.49. The summed E-state index contributed by atoms with van der Waals surface area (Å²) in [6.07, 6.45) is 2.07. The highest BCUT2D eigenvalue weighted by molar-refractivity contribution is 9.10. The average Bonchev–Trinajstić information content (AvgIpc) is 2.59. The smallest absolute Gasteiger partial charge is 0.228 e. The quantitative estimate of drug-likeness (QED) is 0.785. The molecule has 0 N–H and O–H groups in total. The molecule has 1 saturated heterocycles. The van der Waals surface area contributed by atoms with Crippen LogP contribution in [0, 0.1) is 0 Å². The first kappa shape index (κ1) is 12.6. The van der Waals surface area contributed by atoms with Gasteiger partial charge in [0.2, 0.25) is 5.91 Å². The standard InChI is InChI=1S/C11H11BrN2O2S/c1-7(15)17-9-4-11(16)14(6-9)8-2-3-10(12)13-5-8/h2-3,5,9H,4,6H2,1H3. The lowest BCUT2D eigenvalue weighted by Crippen LogP contribution is -2.25. The van der Waals surface area contributed by atoms with Gasteiger partial charge in [0.25, 0.3) is 0 Å². The van der Waals surface area contributed by atoms with Crippen molar-refractivity contribution in [3.05, 3.63) is 22.9 Å². The number of thioether (sulfide) groups is 1. The van der Waals surface area contributed by atoms with Crippen LogP contribution in [0.5, 0.6) is 0 Å². The SMILES string of the molecule is CC(=O)SC1CC(=O)N(c2ccc(Br)nc2)C1. The Labute approximate surface area is 112 Å². The molecule has 90 valence electrons. The Morgan fingerprint density at radius 1 is 1.59 bits per heavy atom. The first-order valence-electron chi connectivity index (χ1n) is 5.15. The highest BCUT2D eigenvalue weighted by Crippen LogP contribution is 2.28. The highest BCUT2D eigenvalue weighted by atomic mass is 79.9. The number of carbonyl (C=O) groups excluding carboxylic acids is 2. The lowest BCUT2D eigenvalue weighted by atomic mass is 10.4. The maximum atomic E-state index is 11.8. The molecule has 2 heterocycles. The van der Waals surface area contributed by atoms with Crippen LogP contribution in [0.15, 0.2) is 22.9 Å². The van der Waals surface area contributed by atoms with Crippen molar-refractivity contribution in [2.24, 2.45) is 0 Å². The van der Waals surface area contributed by atoms with E-state index in [4.69, 9.17) is 0 Å². The van der Waals surface area contributed by atoms with Crippen LogP contribution in [0.3, 0.4) is 0 Å². The van der Waals surface area contributed by atoms with Gasteiger partial charge in [0.15, 0.2) is 5.12 Å². The molecule has 0 spiro atoms. The summed E-state index contributed by atoms with van der Waals surface area (Å²) in [5.41, 5.74) is 0.782. The van der Waals surface area contributed by atoms with Gasteiger partial charge in [0.1, 0.15) is 4.60 Å². The van der Waals surface area contributed by atoms with Crippen LogP contribution in [0.25, 0.3) is 0 Å². The summed E-state index contributed by atoms with van der Waals surface area (Å²) in [7, 11) is 0. The van der Waals surface area contributed by atoms with Crippen molar-refractivity contribution in [1.29, 1.82) is 0 Å². The van der Waals surface area contributed by atoms with E-state index in [2.05, 4.69) is 20.9 Å². The van der Waals surface area contributed by atoms with Crippen molar-refractivity contribution in [3.8, 4) is 0 Å². The van der Waals surface area contributed by atoms with Gasteiger partial charge in [-0.1, -0.05) is 11.8 Å². The van der Waals surface area contributed by atoms with E-state index in [1.807, 2.05) is 6.07 Å². The normalized spacial score (nSPS) is 19.8. The number of carbonyl (C=O) groups is 2. The lowest BCUT2D eigenvalue weighted by molar-refractivity contribution is -0.117. The number of amides is 1. The Morgan fingerprint density at radius 3 is 2.94 bits per heavy atom. The molecule has 0 aromatic carbocycles. The highest BCUT2D eigenvalue weighted by Gasteiger charge is 2.31. The molecular formula is C11H11BrN2O2S. The Kier molecular flexibility index (Phi) is 3.83. The molecule has 1 aliphatic rings. The Bertz CT molecular complexity index is 449. The number of anilines is 1. The topological polar surface area (TPSA) is 50.3 Å². The van der Waals surface area contributed by atoms with Crippen molar-refractivity contribution in [2.75, 3.05) is 11.4 Å². The van der Waals surface area contributed by atoms with Gasteiger partial charge in [0, 0.05) is 25.1 Å². The minimum Gasteiger partial charge on any atom is -0.310 e. The predicted molar refractivity (Wildman–Crippen MR) is 71.0 cm³/mol. The molecule has 1 aliphatic heterocycles. The monoisotopic (exact) mass is 314 g/mol. The first-order chi connectivity index (χ1) is 8.06. The van der Waals surface area contributed by atoms with Crippen LogP contribution in [-0.2, 0) is 9.59 Å². The van der Waals surface area contributed by atoms with Gasteiger partial charge >= 0.3 is 0 Å². The van der Waals surface area contributed by atoms with Crippen molar-refractivity contribution in [1.82, 2.24) is 4.98 Å².